The number of aromatic nitrogens is 1. The van der Waals surface area contributed by atoms with Crippen molar-refractivity contribution in [2.24, 2.45) is 0 Å². The van der Waals surface area contributed by atoms with Gasteiger partial charge in [-0.3, -0.25) is 4.79 Å². The maximum Gasteiger partial charge on any atom is 0.263 e. The number of hydrogen-bond acceptors (Lipinski definition) is 4. The van der Waals surface area contributed by atoms with Crippen LogP contribution in [-0.2, 0) is 0 Å². The molecule has 6 heteroatoms. The Kier molecular flexibility index (Phi) is 5.74. The maximum absolute atomic E-state index is 13.8. The molecule has 128 valence electrons. The lowest BCUT2D eigenvalue weighted by molar-refractivity contribution is 0.0957. The average molecular weight is 355 g/mol. The zero-order valence-corrected chi connectivity index (χ0v) is 14.4. The number of anilines is 1. The fraction of sp³-hybridized carbons (Fsp3) is 0.158. The van der Waals surface area contributed by atoms with E-state index >= 15 is 0 Å². The molecule has 0 aliphatic rings. The summed E-state index contributed by atoms with van der Waals surface area (Å²) in [5.74, 6) is -0.518. The molecule has 0 fully saturated rings. The fourth-order valence-electron chi connectivity index (χ4n) is 2.30. The molecule has 0 aliphatic carbocycles. The molecule has 0 saturated carbocycles. The van der Waals surface area contributed by atoms with Crippen LogP contribution in [0.1, 0.15) is 16.1 Å². The van der Waals surface area contributed by atoms with E-state index in [2.05, 4.69) is 15.6 Å². The quantitative estimate of drug-likeness (QED) is 0.625. The van der Waals surface area contributed by atoms with E-state index in [9.17, 15) is 9.18 Å². The number of amides is 1. The zero-order chi connectivity index (χ0) is 17.5. The minimum atomic E-state index is -0.337. The molecular formula is C19H18FN3OS. The minimum Gasteiger partial charge on any atom is -0.385 e. The Morgan fingerprint density at radius 1 is 1.04 bits per heavy atom. The molecule has 0 atom stereocenters. The Bertz CT molecular complexity index is 835. The number of carbonyl (C=O) groups is 1. The van der Waals surface area contributed by atoms with Crippen LogP contribution in [0.5, 0.6) is 0 Å². The second-order valence-corrected chi connectivity index (χ2v) is 6.44. The van der Waals surface area contributed by atoms with Crippen LogP contribution in [0.2, 0.25) is 0 Å². The summed E-state index contributed by atoms with van der Waals surface area (Å²) in [5, 5.41) is 6.66. The lowest BCUT2D eigenvalue weighted by Gasteiger charge is -2.06. The Balaban J connectivity index is 1.47. The summed E-state index contributed by atoms with van der Waals surface area (Å²) >= 11 is 1.19. The molecule has 4 nitrogen and oxygen atoms in total. The van der Waals surface area contributed by atoms with Gasteiger partial charge in [-0.05, 0) is 30.7 Å². The van der Waals surface area contributed by atoms with Crippen LogP contribution in [0.4, 0.5) is 10.1 Å². The normalized spacial score (nSPS) is 10.4. The highest BCUT2D eigenvalue weighted by atomic mass is 32.1. The number of thiazole rings is 1. The molecule has 1 amide bonds. The van der Waals surface area contributed by atoms with Crippen molar-refractivity contribution in [1.82, 2.24) is 10.3 Å². The third-order valence-corrected chi connectivity index (χ3v) is 4.61. The monoisotopic (exact) mass is 355 g/mol. The van der Waals surface area contributed by atoms with E-state index in [1.54, 1.807) is 18.2 Å². The van der Waals surface area contributed by atoms with E-state index < -0.39 is 0 Å². The molecular weight excluding hydrogens is 337 g/mol. The van der Waals surface area contributed by atoms with Crippen molar-refractivity contribution in [1.29, 1.82) is 0 Å². The number of halogens is 1. The van der Waals surface area contributed by atoms with Gasteiger partial charge in [-0.15, -0.1) is 11.3 Å². The summed E-state index contributed by atoms with van der Waals surface area (Å²) in [4.78, 5) is 16.8. The first kappa shape index (κ1) is 17.1. The van der Waals surface area contributed by atoms with Gasteiger partial charge in [-0.25, -0.2) is 9.37 Å². The lowest BCUT2D eigenvalue weighted by atomic mass is 10.2. The van der Waals surface area contributed by atoms with Crippen molar-refractivity contribution in [3.63, 3.8) is 0 Å². The van der Waals surface area contributed by atoms with Gasteiger partial charge in [0.1, 0.15) is 15.7 Å². The van der Waals surface area contributed by atoms with Crippen LogP contribution in [0.3, 0.4) is 0 Å². The van der Waals surface area contributed by atoms with Gasteiger partial charge in [0.2, 0.25) is 0 Å². The maximum atomic E-state index is 13.8. The number of benzene rings is 2. The van der Waals surface area contributed by atoms with Crippen molar-refractivity contribution >= 4 is 22.9 Å². The zero-order valence-electron chi connectivity index (χ0n) is 13.5. The van der Waals surface area contributed by atoms with Crippen LogP contribution in [0.25, 0.3) is 10.6 Å². The highest BCUT2D eigenvalue weighted by molar-refractivity contribution is 7.16. The average Bonchev–Trinajstić information content (AvgIpc) is 3.12. The molecule has 0 saturated heterocycles. The molecule has 0 bridgehead atoms. The largest absolute Gasteiger partial charge is 0.385 e. The Hall–Kier alpha value is -2.73. The van der Waals surface area contributed by atoms with Gasteiger partial charge in [0.05, 0.1) is 6.20 Å². The Morgan fingerprint density at radius 3 is 2.60 bits per heavy atom. The Labute approximate surface area is 149 Å². The van der Waals surface area contributed by atoms with Gasteiger partial charge in [0.25, 0.3) is 5.91 Å². The first-order valence-corrected chi connectivity index (χ1v) is 8.83. The second-order valence-electron chi connectivity index (χ2n) is 5.41. The standard InChI is InChI=1S/C19H18FN3OS/c20-16-10-5-4-9-15(16)19-23-13-17(25-19)18(24)22-12-6-11-21-14-7-2-1-3-8-14/h1-5,7-10,13,21H,6,11-12H2,(H,22,24). The van der Waals surface area contributed by atoms with Gasteiger partial charge >= 0.3 is 0 Å². The van der Waals surface area contributed by atoms with Gasteiger partial charge in [0.15, 0.2) is 0 Å². The highest BCUT2D eigenvalue weighted by Gasteiger charge is 2.13. The summed E-state index contributed by atoms with van der Waals surface area (Å²) in [6, 6.07) is 16.3. The molecule has 0 spiro atoms. The number of nitrogens with zero attached hydrogens (tertiary/aromatic N) is 1. The molecule has 0 unspecified atom stereocenters. The van der Waals surface area contributed by atoms with Gasteiger partial charge < -0.3 is 10.6 Å². The first-order chi connectivity index (χ1) is 12.2. The summed E-state index contributed by atoms with van der Waals surface area (Å²) < 4.78 is 13.8. The van der Waals surface area contributed by atoms with E-state index in [1.165, 1.54) is 23.6 Å². The minimum absolute atomic E-state index is 0.181. The second kappa shape index (κ2) is 8.39. The molecule has 0 radical (unpaired) electrons. The molecule has 3 aromatic rings. The van der Waals surface area contributed by atoms with Crippen LogP contribution in [0.15, 0.2) is 60.8 Å². The molecule has 0 aliphatic heterocycles. The van der Waals surface area contributed by atoms with E-state index in [-0.39, 0.29) is 11.7 Å². The van der Waals surface area contributed by atoms with Crippen molar-refractivity contribution < 1.29 is 9.18 Å². The third kappa shape index (κ3) is 4.64. The van der Waals surface area contributed by atoms with Gasteiger partial charge in [-0.1, -0.05) is 30.3 Å². The van der Waals surface area contributed by atoms with E-state index in [4.69, 9.17) is 0 Å². The van der Waals surface area contributed by atoms with Crippen LogP contribution in [-0.4, -0.2) is 24.0 Å². The van der Waals surface area contributed by atoms with Gasteiger partial charge in [-0.2, -0.15) is 0 Å². The summed E-state index contributed by atoms with van der Waals surface area (Å²) in [5.41, 5.74) is 1.48. The molecule has 2 aromatic carbocycles. The van der Waals surface area contributed by atoms with Crippen molar-refractivity contribution in [3.05, 3.63) is 71.5 Å². The van der Waals surface area contributed by atoms with E-state index in [1.807, 2.05) is 30.3 Å². The summed E-state index contributed by atoms with van der Waals surface area (Å²) in [6.45, 7) is 1.33. The van der Waals surface area contributed by atoms with Crippen molar-refractivity contribution in [2.45, 2.75) is 6.42 Å². The number of hydrogen-bond donors (Lipinski definition) is 2. The van der Waals surface area contributed by atoms with E-state index in [0.717, 1.165) is 18.7 Å². The van der Waals surface area contributed by atoms with E-state index in [0.29, 0.717) is 22.0 Å². The number of para-hydroxylation sites is 1. The molecule has 25 heavy (non-hydrogen) atoms. The SMILES string of the molecule is O=C(NCCCNc1ccccc1)c1cnc(-c2ccccc2F)s1. The first-order valence-electron chi connectivity index (χ1n) is 8.02. The molecule has 3 rings (SSSR count). The molecule has 1 aromatic heterocycles. The smallest absolute Gasteiger partial charge is 0.263 e. The van der Waals surface area contributed by atoms with Crippen LogP contribution >= 0.6 is 11.3 Å². The molecule has 1 heterocycles. The number of carbonyl (C=O) groups excluding carboxylic acids is 1. The topological polar surface area (TPSA) is 54.0 Å². The highest BCUT2D eigenvalue weighted by Crippen LogP contribution is 2.27. The van der Waals surface area contributed by atoms with Gasteiger partial charge in [0, 0.05) is 24.3 Å². The van der Waals surface area contributed by atoms with Crippen molar-refractivity contribution in [3.8, 4) is 10.6 Å². The number of nitrogens with one attached hydrogen (secondary N) is 2. The van der Waals surface area contributed by atoms with Crippen LogP contribution in [0, 0.1) is 5.82 Å². The van der Waals surface area contributed by atoms with Crippen molar-refractivity contribution in [2.75, 3.05) is 18.4 Å². The third-order valence-electron chi connectivity index (χ3n) is 3.58. The van der Waals surface area contributed by atoms with Crippen LogP contribution < -0.4 is 10.6 Å². The predicted octanol–water partition coefficient (Wildman–Crippen LogP) is 4.18. The summed E-state index contributed by atoms with van der Waals surface area (Å²) in [7, 11) is 0. The predicted molar refractivity (Wildman–Crippen MR) is 99.4 cm³/mol. The fourth-order valence-corrected chi connectivity index (χ4v) is 3.16. The Morgan fingerprint density at radius 2 is 1.80 bits per heavy atom. The lowest BCUT2D eigenvalue weighted by Crippen LogP contribution is -2.25. The summed E-state index contributed by atoms with van der Waals surface area (Å²) in [6.07, 6.45) is 2.30. The number of rotatable bonds is 7. The molecule has 2 N–H and O–H groups in total.